The number of aliphatic imine (C=N–C) groups is 1. The van der Waals surface area contributed by atoms with E-state index in [1.54, 1.807) is 18.2 Å². The third-order valence-corrected chi connectivity index (χ3v) is 2.34. The summed E-state index contributed by atoms with van der Waals surface area (Å²) >= 11 is 0. The highest BCUT2D eigenvalue weighted by Crippen LogP contribution is 2.19. The van der Waals surface area contributed by atoms with Crippen molar-refractivity contribution in [3.8, 4) is 5.75 Å². The maximum absolute atomic E-state index is 13.6. The van der Waals surface area contributed by atoms with E-state index >= 15 is 0 Å². The van der Waals surface area contributed by atoms with E-state index in [0.717, 1.165) is 12.3 Å². The number of allylic oxidation sites excluding steroid dienone is 1. The minimum atomic E-state index is -3.02. The molecule has 1 aliphatic rings. The highest BCUT2D eigenvalue weighted by Gasteiger charge is 2.31. The van der Waals surface area contributed by atoms with Gasteiger partial charge in [-0.25, -0.2) is 13.6 Å². The van der Waals surface area contributed by atoms with E-state index in [1.165, 1.54) is 12.1 Å². The summed E-state index contributed by atoms with van der Waals surface area (Å²) in [6, 6.07) is 8.05. The zero-order valence-electron chi connectivity index (χ0n) is 10.0. The quantitative estimate of drug-likeness (QED) is 0.868. The van der Waals surface area contributed by atoms with Gasteiger partial charge in [0.2, 0.25) is 6.17 Å². The Labute approximate surface area is 112 Å². The minimum Gasteiger partial charge on any atom is -0.410 e. The number of carbonyl (C=O) groups excluding carboxylic acids is 1. The van der Waals surface area contributed by atoms with Gasteiger partial charge in [-0.1, -0.05) is 22.7 Å². The maximum Gasteiger partial charge on any atom is 0.418 e. The van der Waals surface area contributed by atoms with Crippen LogP contribution in [-0.4, -0.2) is 30.0 Å². The Hall–Kier alpha value is -2.51. The molecule has 2 rings (SSSR count). The molecule has 0 bridgehead atoms. The average molecular weight is 285 g/mol. The van der Waals surface area contributed by atoms with Gasteiger partial charge in [-0.3, -0.25) is 10.3 Å². The van der Waals surface area contributed by atoms with Crippen LogP contribution in [0.1, 0.15) is 0 Å². The molecule has 1 amide bonds. The van der Waals surface area contributed by atoms with Crippen LogP contribution >= 0.6 is 0 Å². The van der Waals surface area contributed by atoms with Crippen molar-refractivity contribution < 1.29 is 22.8 Å². The largest absolute Gasteiger partial charge is 0.418 e. The zero-order valence-corrected chi connectivity index (χ0v) is 10.0. The lowest BCUT2D eigenvalue weighted by atomic mass is 10.3. The van der Waals surface area contributed by atoms with E-state index in [2.05, 4.69) is 4.99 Å². The predicted molar refractivity (Wildman–Crippen MR) is 64.9 cm³/mol. The lowest BCUT2D eigenvalue weighted by Crippen LogP contribution is -2.42. The molecule has 1 atom stereocenters. The standard InChI is InChI=1S/C12H10F3N3O2/c13-10(14)11-16-7-6-9(18(11)15)17-12(19)20-8-4-2-1-3-5-8/h1-7,10-11H,(H,17,19). The van der Waals surface area contributed by atoms with E-state index < -0.39 is 24.5 Å². The van der Waals surface area contributed by atoms with Crippen molar-refractivity contribution in [2.24, 2.45) is 4.99 Å². The first-order valence-corrected chi connectivity index (χ1v) is 5.58. The van der Waals surface area contributed by atoms with Crippen molar-refractivity contribution in [2.45, 2.75) is 12.6 Å². The SMILES string of the molecule is O=C(NC1=CC=NC(C(F)F)N1F)Oc1ccccc1. The van der Waals surface area contributed by atoms with Crippen molar-refractivity contribution in [3.63, 3.8) is 0 Å². The predicted octanol–water partition coefficient (Wildman–Crippen LogP) is 2.48. The Bertz CT molecular complexity index is 534. The molecule has 1 N–H and O–H groups in total. The molecule has 0 saturated carbocycles. The molecular formula is C12H10F3N3O2. The van der Waals surface area contributed by atoms with Crippen LogP contribution in [0.4, 0.5) is 18.1 Å². The summed E-state index contributed by atoms with van der Waals surface area (Å²) in [7, 11) is 0. The third-order valence-electron chi connectivity index (χ3n) is 2.34. The molecule has 0 fully saturated rings. The Morgan fingerprint density at radius 2 is 2.05 bits per heavy atom. The van der Waals surface area contributed by atoms with Crippen molar-refractivity contribution in [3.05, 3.63) is 42.2 Å². The van der Waals surface area contributed by atoms with Crippen LogP contribution in [0.15, 0.2) is 47.2 Å². The van der Waals surface area contributed by atoms with Crippen LogP contribution in [0.25, 0.3) is 0 Å². The maximum atomic E-state index is 13.6. The third kappa shape index (κ3) is 3.28. The number of amides is 1. The summed E-state index contributed by atoms with van der Waals surface area (Å²) in [6.45, 7) is 0. The van der Waals surface area contributed by atoms with Gasteiger partial charge in [-0.05, 0) is 18.2 Å². The number of carbonyl (C=O) groups is 1. The molecule has 0 aromatic heterocycles. The second-order valence-corrected chi connectivity index (χ2v) is 3.74. The van der Waals surface area contributed by atoms with Gasteiger partial charge in [0.15, 0.2) is 0 Å². The lowest BCUT2D eigenvalue weighted by Gasteiger charge is -2.25. The summed E-state index contributed by atoms with van der Waals surface area (Å²) in [5, 5.41) is 1.71. The highest BCUT2D eigenvalue weighted by atomic mass is 19.3. The number of halogens is 3. The summed E-state index contributed by atoms with van der Waals surface area (Å²) in [6.07, 6.45) is -3.96. The van der Waals surface area contributed by atoms with Gasteiger partial charge in [0.25, 0.3) is 6.43 Å². The van der Waals surface area contributed by atoms with Crippen LogP contribution in [0.2, 0.25) is 0 Å². The van der Waals surface area contributed by atoms with Gasteiger partial charge in [0.1, 0.15) is 11.6 Å². The fraction of sp³-hybridized carbons (Fsp3) is 0.167. The van der Waals surface area contributed by atoms with E-state index in [1.807, 2.05) is 5.32 Å². The number of hydrogen-bond acceptors (Lipinski definition) is 4. The van der Waals surface area contributed by atoms with E-state index in [0.29, 0.717) is 0 Å². The average Bonchev–Trinajstić information content (AvgIpc) is 2.42. The summed E-state index contributed by atoms with van der Waals surface area (Å²) in [5.41, 5.74) is 0. The van der Waals surface area contributed by atoms with Crippen molar-refractivity contribution in [2.75, 3.05) is 0 Å². The molecule has 20 heavy (non-hydrogen) atoms. The molecule has 5 nitrogen and oxygen atoms in total. The fourth-order valence-corrected chi connectivity index (χ4v) is 1.46. The first-order chi connectivity index (χ1) is 9.58. The van der Waals surface area contributed by atoms with Crippen molar-refractivity contribution >= 4 is 12.3 Å². The minimum absolute atomic E-state index is 0.242. The first kappa shape index (κ1) is 13.9. The van der Waals surface area contributed by atoms with Crippen LogP contribution in [0, 0.1) is 0 Å². The summed E-state index contributed by atoms with van der Waals surface area (Å²) < 4.78 is 43.3. The Morgan fingerprint density at radius 3 is 2.70 bits per heavy atom. The number of ether oxygens (including phenoxy) is 1. The zero-order chi connectivity index (χ0) is 14.5. The van der Waals surface area contributed by atoms with Crippen LogP contribution < -0.4 is 10.1 Å². The molecule has 0 aliphatic carbocycles. The topological polar surface area (TPSA) is 53.9 Å². The Kier molecular flexibility index (Phi) is 4.24. The molecular weight excluding hydrogens is 275 g/mol. The number of hydrogen-bond donors (Lipinski definition) is 1. The van der Waals surface area contributed by atoms with Crippen LogP contribution in [-0.2, 0) is 0 Å². The number of rotatable bonds is 3. The molecule has 1 aromatic rings. The summed E-state index contributed by atoms with van der Waals surface area (Å²) in [4.78, 5) is 14.8. The van der Waals surface area contributed by atoms with Crippen molar-refractivity contribution in [1.29, 1.82) is 0 Å². The second kappa shape index (κ2) is 6.09. The number of alkyl halides is 2. The van der Waals surface area contributed by atoms with Crippen LogP contribution in [0.3, 0.4) is 0 Å². The van der Waals surface area contributed by atoms with Crippen LogP contribution in [0.5, 0.6) is 5.75 Å². The van der Waals surface area contributed by atoms with E-state index in [-0.39, 0.29) is 10.9 Å². The van der Waals surface area contributed by atoms with Gasteiger partial charge in [0.05, 0.1) is 0 Å². The van der Waals surface area contributed by atoms with Crippen molar-refractivity contribution in [1.82, 2.24) is 10.4 Å². The second-order valence-electron chi connectivity index (χ2n) is 3.74. The monoisotopic (exact) mass is 285 g/mol. The number of nitrogens with one attached hydrogen (secondary N) is 1. The normalized spacial score (nSPS) is 17.9. The molecule has 1 heterocycles. The Morgan fingerprint density at radius 1 is 1.35 bits per heavy atom. The molecule has 1 aromatic carbocycles. The molecule has 106 valence electrons. The summed E-state index contributed by atoms with van der Waals surface area (Å²) in [5.74, 6) is -0.225. The molecule has 0 radical (unpaired) electrons. The number of benzene rings is 1. The lowest BCUT2D eigenvalue weighted by molar-refractivity contribution is -0.0591. The fourth-order valence-electron chi connectivity index (χ4n) is 1.46. The Balaban J connectivity index is 1.98. The number of nitrogens with zero attached hydrogens (tertiary/aromatic N) is 2. The van der Waals surface area contributed by atoms with Gasteiger partial charge in [0, 0.05) is 6.21 Å². The van der Waals surface area contributed by atoms with Gasteiger partial charge >= 0.3 is 6.09 Å². The molecule has 1 aliphatic heterocycles. The van der Waals surface area contributed by atoms with Gasteiger partial charge < -0.3 is 4.74 Å². The molecule has 8 heteroatoms. The molecule has 0 saturated heterocycles. The van der Waals surface area contributed by atoms with E-state index in [9.17, 15) is 18.1 Å². The smallest absolute Gasteiger partial charge is 0.410 e. The number of para-hydroxylation sites is 1. The highest BCUT2D eigenvalue weighted by molar-refractivity contribution is 5.77. The molecule has 1 unspecified atom stereocenters. The first-order valence-electron chi connectivity index (χ1n) is 5.58. The van der Waals surface area contributed by atoms with Gasteiger partial charge in [-0.15, -0.1) is 0 Å². The van der Waals surface area contributed by atoms with E-state index in [4.69, 9.17) is 4.74 Å². The van der Waals surface area contributed by atoms with Gasteiger partial charge in [-0.2, -0.15) is 5.12 Å². The molecule has 0 spiro atoms.